The van der Waals surface area contributed by atoms with Crippen LogP contribution in [-0.2, 0) is 27.4 Å². The van der Waals surface area contributed by atoms with Crippen molar-refractivity contribution in [1.82, 2.24) is 5.32 Å². The van der Waals surface area contributed by atoms with Crippen LogP contribution in [0, 0.1) is 0 Å². The van der Waals surface area contributed by atoms with Crippen LogP contribution < -0.4 is 32.6 Å². The fourth-order valence-electron chi connectivity index (χ4n) is 4.10. The molecule has 3 aromatic carbocycles. The lowest BCUT2D eigenvalue weighted by Gasteiger charge is -2.18. The van der Waals surface area contributed by atoms with Gasteiger partial charge in [-0.25, -0.2) is 4.79 Å². The molecule has 0 aliphatic carbocycles. The van der Waals surface area contributed by atoms with Gasteiger partial charge in [-0.2, -0.15) is 0 Å². The predicted molar refractivity (Wildman–Crippen MR) is 159 cm³/mol. The van der Waals surface area contributed by atoms with E-state index in [9.17, 15) is 14.4 Å². The topological polar surface area (TPSA) is 172 Å². The lowest BCUT2D eigenvalue weighted by molar-refractivity contribution is -0.143. The Labute approximate surface area is 240 Å². The number of esters is 1. The van der Waals surface area contributed by atoms with Crippen LogP contribution in [0.2, 0.25) is 0 Å². The Kier molecular flexibility index (Phi) is 12.1. The summed E-state index contributed by atoms with van der Waals surface area (Å²) in [4.78, 5) is 37.8. The Balaban J connectivity index is 1.52. The van der Waals surface area contributed by atoms with E-state index in [1.165, 1.54) is 25.3 Å². The zero-order valence-corrected chi connectivity index (χ0v) is 23.3. The van der Waals surface area contributed by atoms with Crippen LogP contribution in [-0.4, -0.2) is 43.5 Å². The molecule has 0 spiro atoms. The third-order valence-corrected chi connectivity index (χ3v) is 6.56. The Hall–Kier alpha value is -4.41. The fourth-order valence-corrected chi connectivity index (χ4v) is 4.10. The number of nitrogens with one attached hydrogen (secondary N) is 2. The lowest BCUT2D eigenvalue weighted by atomic mass is 10.0. The molecule has 218 valence electrons. The third-order valence-electron chi connectivity index (χ3n) is 6.56. The van der Waals surface area contributed by atoms with Crippen LogP contribution in [0.4, 0.5) is 11.4 Å². The molecule has 0 saturated carbocycles. The minimum absolute atomic E-state index is 0.227. The average Bonchev–Trinajstić information content (AvgIpc) is 2.99. The van der Waals surface area contributed by atoms with Crippen molar-refractivity contribution in [3.8, 4) is 5.75 Å². The van der Waals surface area contributed by atoms with Crippen molar-refractivity contribution < 1.29 is 23.9 Å². The van der Waals surface area contributed by atoms with Gasteiger partial charge < -0.3 is 37.3 Å². The number of carbonyl (C=O) groups is 3. The highest BCUT2D eigenvalue weighted by Crippen LogP contribution is 2.21. The molecule has 2 amide bonds. The number of nitrogens with two attached hydrogens (primary N) is 3. The van der Waals surface area contributed by atoms with Crippen molar-refractivity contribution in [2.24, 2.45) is 11.5 Å². The molecule has 0 bridgehead atoms. The van der Waals surface area contributed by atoms with Crippen LogP contribution in [0.1, 0.15) is 47.2 Å². The van der Waals surface area contributed by atoms with E-state index in [4.69, 9.17) is 26.7 Å². The van der Waals surface area contributed by atoms with Crippen molar-refractivity contribution in [1.29, 1.82) is 0 Å². The lowest BCUT2D eigenvalue weighted by Crippen LogP contribution is -2.41. The fraction of sp³-hybridized carbons (Fsp3) is 0.323. The van der Waals surface area contributed by atoms with E-state index in [0.29, 0.717) is 38.8 Å². The van der Waals surface area contributed by atoms with E-state index in [2.05, 4.69) is 10.6 Å². The number of amides is 2. The minimum Gasteiger partial charge on any atom is -0.489 e. The molecule has 3 aromatic rings. The largest absolute Gasteiger partial charge is 0.489 e. The van der Waals surface area contributed by atoms with E-state index < -0.39 is 29.9 Å². The number of nitrogen functional groups attached to an aromatic ring is 1. The molecule has 0 heterocycles. The molecule has 10 nitrogen and oxygen atoms in total. The number of unbranched alkanes of at least 4 members (excludes halogenated alkanes) is 1. The van der Waals surface area contributed by atoms with Crippen molar-refractivity contribution in [3.63, 3.8) is 0 Å². The van der Waals surface area contributed by atoms with Crippen LogP contribution in [0.3, 0.4) is 0 Å². The first kappa shape index (κ1) is 31.1. The SMILES string of the molecule is COC(=O)[C@H](CCCCN)NC(=O)c1ccc(N)c(NC(=O)[C@@H](N)CCc2ccc(OCc3ccccc3)cc2)c1. The van der Waals surface area contributed by atoms with Crippen LogP contribution in [0.15, 0.2) is 72.8 Å². The predicted octanol–water partition coefficient (Wildman–Crippen LogP) is 3.15. The molecule has 2 atom stereocenters. The Morgan fingerprint density at radius 1 is 0.902 bits per heavy atom. The van der Waals surface area contributed by atoms with E-state index in [1.807, 2.05) is 54.6 Å². The van der Waals surface area contributed by atoms with E-state index in [0.717, 1.165) is 23.3 Å². The second-order valence-electron chi connectivity index (χ2n) is 9.69. The average molecular weight is 562 g/mol. The maximum Gasteiger partial charge on any atom is 0.328 e. The third kappa shape index (κ3) is 9.93. The summed E-state index contributed by atoms with van der Waals surface area (Å²) >= 11 is 0. The van der Waals surface area contributed by atoms with Crippen molar-refractivity contribution in [2.45, 2.75) is 50.8 Å². The van der Waals surface area contributed by atoms with Gasteiger partial charge in [-0.15, -0.1) is 0 Å². The molecule has 41 heavy (non-hydrogen) atoms. The smallest absolute Gasteiger partial charge is 0.328 e. The summed E-state index contributed by atoms with van der Waals surface area (Å²) in [5, 5.41) is 5.40. The normalized spacial score (nSPS) is 12.2. The number of hydrogen-bond donors (Lipinski definition) is 5. The number of ether oxygens (including phenoxy) is 2. The maximum absolute atomic E-state index is 12.9. The van der Waals surface area contributed by atoms with E-state index >= 15 is 0 Å². The van der Waals surface area contributed by atoms with Crippen LogP contribution in [0.5, 0.6) is 5.75 Å². The Bertz CT molecular complexity index is 1280. The van der Waals surface area contributed by atoms with Crippen molar-refractivity contribution in [3.05, 3.63) is 89.5 Å². The van der Waals surface area contributed by atoms with E-state index in [1.54, 1.807) is 0 Å². The van der Waals surface area contributed by atoms with Gasteiger partial charge >= 0.3 is 5.97 Å². The second kappa shape index (κ2) is 16.0. The highest BCUT2D eigenvalue weighted by molar-refractivity contribution is 6.01. The first-order chi connectivity index (χ1) is 19.8. The molecular weight excluding hydrogens is 522 g/mol. The number of aryl methyl sites for hydroxylation is 1. The van der Waals surface area contributed by atoms with Gasteiger partial charge in [0.2, 0.25) is 5.91 Å². The molecule has 0 aromatic heterocycles. The standard InChI is InChI=1S/C31H39N5O5/c1-40-31(39)27(9-5-6-18-32)35-29(37)23-13-17-25(33)28(19-23)36-30(38)26(34)16-12-21-10-14-24(15-11-21)41-20-22-7-3-2-4-8-22/h2-4,7-8,10-11,13-15,17,19,26-27H,5-6,9,12,16,18,20,32-34H2,1H3,(H,35,37)(H,36,38)/t26-,27-/m0/s1. The van der Waals surface area contributed by atoms with Gasteiger partial charge in [0.25, 0.3) is 5.91 Å². The number of rotatable bonds is 15. The summed E-state index contributed by atoms with van der Waals surface area (Å²) in [6, 6.07) is 20.5. The molecule has 0 saturated heterocycles. The molecule has 10 heteroatoms. The minimum atomic E-state index is -0.812. The summed E-state index contributed by atoms with van der Waals surface area (Å²) < 4.78 is 10.6. The number of carbonyl (C=O) groups excluding carboxylic acids is 3. The van der Waals surface area contributed by atoms with Crippen molar-refractivity contribution in [2.75, 3.05) is 24.7 Å². The maximum atomic E-state index is 12.9. The number of hydrogen-bond acceptors (Lipinski definition) is 8. The first-order valence-corrected chi connectivity index (χ1v) is 13.6. The molecule has 0 unspecified atom stereocenters. The Morgan fingerprint density at radius 2 is 1.63 bits per heavy atom. The summed E-state index contributed by atoms with van der Waals surface area (Å²) in [7, 11) is 1.27. The quantitative estimate of drug-likeness (QED) is 0.107. The van der Waals surface area contributed by atoms with Gasteiger partial charge in [-0.3, -0.25) is 9.59 Å². The molecular formula is C31H39N5O5. The van der Waals surface area contributed by atoms with E-state index in [-0.39, 0.29) is 16.9 Å². The van der Waals surface area contributed by atoms with Gasteiger partial charge in [0.05, 0.1) is 24.5 Å². The molecule has 0 fully saturated rings. The van der Waals surface area contributed by atoms with Gasteiger partial charge in [-0.05, 0) is 80.1 Å². The summed E-state index contributed by atoms with van der Waals surface area (Å²) in [6.07, 6.45) is 2.76. The Morgan fingerprint density at radius 3 is 2.32 bits per heavy atom. The summed E-state index contributed by atoms with van der Waals surface area (Å²) in [6.45, 7) is 0.972. The zero-order chi connectivity index (χ0) is 29.6. The zero-order valence-electron chi connectivity index (χ0n) is 23.3. The number of methoxy groups -OCH3 is 1. The molecule has 8 N–H and O–H groups in total. The molecule has 0 radical (unpaired) electrons. The molecule has 0 aliphatic heterocycles. The molecule has 0 aliphatic rings. The van der Waals surface area contributed by atoms with Crippen LogP contribution in [0.25, 0.3) is 0 Å². The van der Waals surface area contributed by atoms with Gasteiger partial charge in [0, 0.05) is 5.56 Å². The summed E-state index contributed by atoms with van der Waals surface area (Å²) in [5.74, 6) is -0.706. The highest BCUT2D eigenvalue weighted by Gasteiger charge is 2.22. The number of anilines is 2. The second-order valence-corrected chi connectivity index (χ2v) is 9.69. The first-order valence-electron chi connectivity index (χ1n) is 13.6. The van der Waals surface area contributed by atoms with Gasteiger partial charge in [-0.1, -0.05) is 42.5 Å². The van der Waals surface area contributed by atoms with Gasteiger partial charge in [0.15, 0.2) is 0 Å². The summed E-state index contributed by atoms with van der Waals surface area (Å²) in [5.41, 5.74) is 20.6. The van der Waals surface area contributed by atoms with Crippen LogP contribution >= 0.6 is 0 Å². The molecule has 3 rings (SSSR count). The monoisotopic (exact) mass is 561 g/mol. The van der Waals surface area contributed by atoms with Gasteiger partial charge in [0.1, 0.15) is 18.4 Å². The van der Waals surface area contributed by atoms with Crippen molar-refractivity contribution >= 4 is 29.2 Å². The number of benzene rings is 3. The highest BCUT2D eigenvalue weighted by atomic mass is 16.5.